The van der Waals surface area contributed by atoms with E-state index in [0.29, 0.717) is 12.5 Å². The lowest BCUT2D eigenvalue weighted by molar-refractivity contribution is 0.415. The number of rotatable bonds is 3. The molecule has 19 heavy (non-hydrogen) atoms. The molecule has 0 amide bonds. The molecule has 3 rings (SSSR count). The lowest BCUT2D eigenvalue weighted by Crippen LogP contribution is -2.03. The van der Waals surface area contributed by atoms with Gasteiger partial charge in [-0.05, 0) is 19.1 Å². The first-order chi connectivity index (χ1) is 9.17. The first-order valence-corrected chi connectivity index (χ1v) is 6.70. The van der Waals surface area contributed by atoms with Crippen molar-refractivity contribution in [3.63, 3.8) is 0 Å². The van der Waals surface area contributed by atoms with Crippen LogP contribution in [0.4, 0.5) is 5.95 Å². The predicted octanol–water partition coefficient (Wildman–Crippen LogP) is 2.44. The standard InChI is InChI=1S/C13H14N4OS/c1-8-15-6-10(19-8)7-17-12-4-3-9(18-2)5-11(12)16-13(17)14/h3-6H,7H2,1-2H3,(H2,14,16). The molecule has 0 aliphatic carbocycles. The van der Waals surface area contributed by atoms with Gasteiger partial charge in [-0.3, -0.25) is 0 Å². The molecule has 0 unspecified atom stereocenters. The summed E-state index contributed by atoms with van der Waals surface area (Å²) in [5.74, 6) is 1.29. The molecule has 0 bridgehead atoms. The second-order valence-electron chi connectivity index (χ2n) is 4.26. The summed E-state index contributed by atoms with van der Waals surface area (Å²) in [5.41, 5.74) is 7.84. The molecule has 2 N–H and O–H groups in total. The summed E-state index contributed by atoms with van der Waals surface area (Å²) in [6, 6.07) is 5.78. The number of imidazole rings is 1. The molecule has 0 radical (unpaired) electrons. The Morgan fingerprint density at radius 1 is 1.42 bits per heavy atom. The van der Waals surface area contributed by atoms with Gasteiger partial charge in [-0.2, -0.15) is 0 Å². The Hall–Kier alpha value is -2.08. The van der Waals surface area contributed by atoms with Crippen molar-refractivity contribution in [2.24, 2.45) is 0 Å². The molecule has 98 valence electrons. The number of hydrogen-bond acceptors (Lipinski definition) is 5. The van der Waals surface area contributed by atoms with E-state index >= 15 is 0 Å². The average Bonchev–Trinajstić information content (AvgIpc) is 2.94. The van der Waals surface area contributed by atoms with Crippen LogP contribution in [-0.2, 0) is 6.54 Å². The molecule has 0 fully saturated rings. The molecule has 2 heterocycles. The molecule has 5 nitrogen and oxygen atoms in total. The van der Waals surface area contributed by atoms with Crippen molar-refractivity contribution >= 4 is 28.3 Å². The number of methoxy groups -OCH3 is 1. The molecule has 2 aromatic heterocycles. The van der Waals surface area contributed by atoms with Crippen molar-refractivity contribution in [3.05, 3.63) is 34.3 Å². The van der Waals surface area contributed by atoms with Crippen LogP contribution in [0.1, 0.15) is 9.88 Å². The Morgan fingerprint density at radius 2 is 2.26 bits per heavy atom. The Bertz CT molecular complexity index is 731. The third kappa shape index (κ3) is 2.15. The molecule has 0 saturated carbocycles. The molecular formula is C13H14N4OS. The zero-order valence-electron chi connectivity index (χ0n) is 10.8. The minimum atomic E-state index is 0.509. The second kappa shape index (κ2) is 4.55. The number of nitrogens with zero attached hydrogens (tertiary/aromatic N) is 3. The molecule has 0 spiro atoms. The second-order valence-corrected chi connectivity index (χ2v) is 5.58. The number of ether oxygens (including phenoxy) is 1. The lowest BCUT2D eigenvalue weighted by atomic mass is 10.3. The van der Waals surface area contributed by atoms with Crippen molar-refractivity contribution in [1.82, 2.24) is 14.5 Å². The van der Waals surface area contributed by atoms with Crippen LogP contribution in [-0.4, -0.2) is 21.6 Å². The van der Waals surface area contributed by atoms with E-state index < -0.39 is 0 Å². The molecule has 0 aliphatic rings. The lowest BCUT2D eigenvalue weighted by Gasteiger charge is -2.04. The zero-order valence-corrected chi connectivity index (χ0v) is 11.6. The number of aryl methyl sites for hydroxylation is 1. The van der Waals surface area contributed by atoms with Gasteiger partial charge in [0.25, 0.3) is 0 Å². The number of nitrogens with two attached hydrogens (primary N) is 1. The highest BCUT2D eigenvalue weighted by Gasteiger charge is 2.10. The molecule has 0 atom stereocenters. The largest absolute Gasteiger partial charge is 0.497 e. The first-order valence-electron chi connectivity index (χ1n) is 5.88. The summed E-state index contributed by atoms with van der Waals surface area (Å²) < 4.78 is 7.18. The summed E-state index contributed by atoms with van der Waals surface area (Å²) >= 11 is 1.67. The maximum atomic E-state index is 5.99. The topological polar surface area (TPSA) is 66.0 Å². The van der Waals surface area contributed by atoms with Gasteiger partial charge in [0.1, 0.15) is 5.75 Å². The summed E-state index contributed by atoms with van der Waals surface area (Å²) in [4.78, 5) is 9.79. The van der Waals surface area contributed by atoms with E-state index in [2.05, 4.69) is 9.97 Å². The highest BCUT2D eigenvalue weighted by molar-refractivity contribution is 7.11. The van der Waals surface area contributed by atoms with Gasteiger partial charge >= 0.3 is 0 Å². The predicted molar refractivity (Wildman–Crippen MR) is 76.7 cm³/mol. The molecule has 6 heteroatoms. The van der Waals surface area contributed by atoms with Crippen molar-refractivity contribution < 1.29 is 4.74 Å². The van der Waals surface area contributed by atoms with Crippen LogP contribution in [0.25, 0.3) is 11.0 Å². The summed E-state index contributed by atoms with van der Waals surface area (Å²) in [7, 11) is 1.64. The highest BCUT2D eigenvalue weighted by atomic mass is 32.1. The third-order valence-electron chi connectivity index (χ3n) is 2.97. The van der Waals surface area contributed by atoms with Crippen molar-refractivity contribution in [2.45, 2.75) is 13.5 Å². The Morgan fingerprint density at radius 3 is 2.95 bits per heavy atom. The summed E-state index contributed by atoms with van der Waals surface area (Å²) in [6.07, 6.45) is 1.88. The van der Waals surface area contributed by atoms with Gasteiger partial charge in [0.2, 0.25) is 5.95 Å². The maximum Gasteiger partial charge on any atom is 0.201 e. The quantitative estimate of drug-likeness (QED) is 0.796. The SMILES string of the molecule is COc1ccc2c(c1)nc(N)n2Cc1cnc(C)s1. The van der Waals surface area contributed by atoms with E-state index in [0.717, 1.165) is 21.8 Å². The number of hydrogen-bond donors (Lipinski definition) is 1. The van der Waals surface area contributed by atoms with Crippen LogP contribution in [0.15, 0.2) is 24.4 Å². The van der Waals surface area contributed by atoms with Crippen molar-refractivity contribution in [2.75, 3.05) is 12.8 Å². The van der Waals surface area contributed by atoms with Crippen LogP contribution in [0.3, 0.4) is 0 Å². The van der Waals surface area contributed by atoms with Crippen LogP contribution >= 0.6 is 11.3 Å². The zero-order chi connectivity index (χ0) is 13.4. The van der Waals surface area contributed by atoms with Crippen molar-refractivity contribution in [3.8, 4) is 5.75 Å². The van der Waals surface area contributed by atoms with E-state index in [1.54, 1.807) is 18.4 Å². The minimum absolute atomic E-state index is 0.509. The van der Waals surface area contributed by atoms with Gasteiger partial charge in [0.05, 0.1) is 29.7 Å². The number of thiazole rings is 1. The van der Waals surface area contributed by atoms with Gasteiger partial charge in [-0.1, -0.05) is 0 Å². The molecule has 3 aromatic rings. The van der Waals surface area contributed by atoms with Crippen LogP contribution in [0, 0.1) is 6.92 Å². The van der Waals surface area contributed by atoms with Gasteiger partial charge in [-0.25, -0.2) is 9.97 Å². The minimum Gasteiger partial charge on any atom is -0.497 e. The molecule has 1 aromatic carbocycles. The summed E-state index contributed by atoms with van der Waals surface area (Å²) in [5, 5.41) is 1.06. The number of benzene rings is 1. The number of aromatic nitrogens is 3. The van der Waals surface area contributed by atoms with E-state index in [1.807, 2.05) is 35.9 Å². The van der Waals surface area contributed by atoms with Crippen LogP contribution < -0.4 is 10.5 Å². The Balaban J connectivity index is 2.05. The van der Waals surface area contributed by atoms with Gasteiger partial charge < -0.3 is 15.0 Å². The number of nitrogen functional groups attached to an aromatic ring is 1. The van der Waals surface area contributed by atoms with Gasteiger partial charge in [0.15, 0.2) is 0 Å². The van der Waals surface area contributed by atoms with E-state index in [-0.39, 0.29) is 0 Å². The summed E-state index contributed by atoms with van der Waals surface area (Å²) in [6.45, 7) is 2.69. The number of anilines is 1. The molecular weight excluding hydrogens is 260 g/mol. The fourth-order valence-electron chi connectivity index (χ4n) is 2.06. The molecule has 0 saturated heterocycles. The van der Waals surface area contributed by atoms with Gasteiger partial charge in [-0.15, -0.1) is 11.3 Å². The van der Waals surface area contributed by atoms with Gasteiger partial charge in [0, 0.05) is 17.1 Å². The van der Waals surface area contributed by atoms with Crippen molar-refractivity contribution in [1.29, 1.82) is 0 Å². The Labute approximate surface area is 114 Å². The normalized spacial score (nSPS) is 11.1. The highest BCUT2D eigenvalue weighted by Crippen LogP contribution is 2.24. The average molecular weight is 274 g/mol. The fraction of sp³-hybridized carbons (Fsp3) is 0.231. The van der Waals surface area contributed by atoms with Crippen LogP contribution in [0.2, 0.25) is 0 Å². The monoisotopic (exact) mass is 274 g/mol. The Kier molecular flexibility index (Phi) is 2.87. The third-order valence-corrected chi connectivity index (χ3v) is 3.87. The van der Waals surface area contributed by atoms with Crippen LogP contribution in [0.5, 0.6) is 5.75 Å². The molecule has 0 aliphatic heterocycles. The van der Waals surface area contributed by atoms with E-state index in [4.69, 9.17) is 10.5 Å². The fourth-order valence-corrected chi connectivity index (χ4v) is 2.84. The number of fused-ring (bicyclic) bond motifs is 1. The first kappa shape index (κ1) is 12.0. The van der Waals surface area contributed by atoms with E-state index in [1.165, 1.54) is 4.88 Å². The van der Waals surface area contributed by atoms with E-state index in [9.17, 15) is 0 Å². The smallest absolute Gasteiger partial charge is 0.201 e. The maximum absolute atomic E-state index is 5.99.